The maximum Gasteiger partial charge on any atom is 0.0149 e. The first-order valence-electron chi connectivity index (χ1n) is 9.89. The van der Waals surface area contributed by atoms with E-state index in [4.69, 9.17) is 0 Å². The summed E-state index contributed by atoms with van der Waals surface area (Å²) >= 11 is 0. The van der Waals surface area contributed by atoms with E-state index in [2.05, 4.69) is 19.3 Å². The predicted octanol–water partition coefficient (Wildman–Crippen LogP) is 5.01. The molecule has 1 N–H and O–H groups in total. The lowest BCUT2D eigenvalue weighted by Gasteiger charge is -2.61. The van der Waals surface area contributed by atoms with Gasteiger partial charge in [-0.25, -0.2) is 0 Å². The molecule has 0 aromatic heterocycles. The fraction of sp³-hybridized carbons (Fsp3) is 1.00. The molecule has 0 radical (unpaired) electrons. The molecule has 0 spiro atoms. The molecule has 0 saturated heterocycles. The molecule has 5 rings (SSSR count). The fourth-order valence-corrected chi connectivity index (χ4v) is 7.61. The van der Waals surface area contributed by atoms with E-state index >= 15 is 0 Å². The zero-order chi connectivity index (χ0) is 14.4. The minimum Gasteiger partial charge on any atom is -0.316 e. The highest BCUT2D eigenvalue weighted by atomic mass is 14.9. The van der Waals surface area contributed by atoms with Gasteiger partial charge in [0.15, 0.2) is 0 Å². The van der Waals surface area contributed by atoms with Crippen LogP contribution in [0.15, 0.2) is 0 Å². The molecule has 0 heterocycles. The highest BCUT2D eigenvalue weighted by Gasteiger charge is 2.55. The number of nitrogens with one attached hydrogen (secondary N) is 1. The van der Waals surface area contributed by atoms with Crippen LogP contribution < -0.4 is 5.32 Å². The molecule has 120 valence electrons. The monoisotopic (exact) mass is 289 g/mol. The van der Waals surface area contributed by atoms with Crippen LogP contribution in [-0.4, -0.2) is 13.1 Å². The first kappa shape index (κ1) is 14.5. The highest BCUT2D eigenvalue weighted by Crippen LogP contribution is 2.62. The summed E-state index contributed by atoms with van der Waals surface area (Å²) in [6.07, 6.45) is 16.9. The normalized spacial score (nSPS) is 50.3. The first-order valence-corrected chi connectivity index (χ1v) is 9.89. The van der Waals surface area contributed by atoms with Gasteiger partial charge in [0.2, 0.25) is 0 Å². The molecule has 5 aliphatic rings. The smallest absolute Gasteiger partial charge is 0.0149 e. The van der Waals surface area contributed by atoms with Crippen molar-refractivity contribution >= 4 is 0 Å². The van der Waals surface area contributed by atoms with E-state index in [0.717, 1.165) is 35.6 Å². The van der Waals surface area contributed by atoms with Gasteiger partial charge in [0.1, 0.15) is 0 Å². The van der Waals surface area contributed by atoms with E-state index in [1.807, 2.05) is 0 Å². The molecular formula is C20H35N. The molecule has 5 saturated carbocycles. The van der Waals surface area contributed by atoms with Gasteiger partial charge < -0.3 is 5.32 Å². The Kier molecular flexibility index (Phi) is 3.84. The molecule has 1 heteroatoms. The third-order valence-electron chi connectivity index (χ3n) is 7.93. The Morgan fingerprint density at radius 1 is 0.952 bits per heavy atom. The van der Waals surface area contributed by atoms with Crippen LogP contribution in [0.3, 0.4) is 0 Å². The Morgan fingerprint density at radius 3 is 2.10 bits per heavy atom. The van der Waals surface area contributed by atoms with Crippen LogP contribution in [-0.2, 0) is 0 Å². The topological polar surface area (TPSA) is 12.0 Å². The quantitative estimate of drug-likeness (QED) is 0.767. The predicted molar refractivity (Wildman–Crippen MR) is 89.2 cm³/mol. The van der Waals surface area contributed by atoms with Gasteiger partial charge in [0.05, 0.1) is 0 Å². The molecule has 3 unspecified atom stereocenters. The summed E-state index contributed by atoms with van der Waals surface area (Å²) in [5, 5.41) is 3.87. The lowest BCUT2D eigenvalue weighted by molar-refractivity contribution is -0.0881. The number of hydrogen-bond donors (Lipinski definition) is 1. The van der Waals surface area contributed by atoms with Crippen molar-refractivity contribution < 1.29 is 0 Å². The van der Waals surface area contributed by atoms with E-state index in [1.165, 1.54) is 32.1 Å². The molecule has 1 nitrogen and oxygen atoms in total. The van der Waals surface area contributed by atoms with Crippen molar-refractivity contribution in [1.82, 2.24) is 5.32 Å². The third-order valence-corrected chi connectivity index (χ3v) is 7.93. The van der Waals surface area contributed by atoms with Gasteiger partial charge >= 0.3 is 0 Å². The Hall–Kier alpha value is -0.0400. The molecule has 21 heavy (non-hydrogen) atoms. The van der Waals surface area contributed by atoms with Gasteiger partial charge in [-0.1, -0.05) is 26.2 Å². The van der Waals surface area contributed by atoms with Crippen molar-refractivity contribution in [1.29, 1.82) is 0 Å². The van der Waals surface area contributed by atoms with E-state index in [0.29, 0.717) is 5.41 Å². The molecule has 3 atom stereocenters. The molecule has 0 aromatic carbocycles. The van der Waals surface area contributed by atoms with Crippen LogP contribution in [0.1, 0.15) is 77.6 Å². The second-order valence-corrected chi connectivity index (χ2v) is 9.25. The van der Waals surface area contributed by atoms with Gasteiger partial charge in [-0.2, -0.15) is 0 Å². The van der Waals surface area contributed by atoms with Crippen molar-refractivity contribution in [2.24, 2.45) is 35.0 Å². The third kappa shape index (κ3) is 2.48. The highest BCUT2D eigenvalue weighted by molar-refractivity contribution is 5.07. The summed E-state index contributed by atoms with van der Waals surface area (Å²) in [4.78, 5) is 0. The molecule has 5 aliphatic carbocycles. The van der Waals surface area contributed by atoms with Gasteiger partial charge in [-0.3, -0.25) is 0 Å². The van der Waals surface area contributed by atoms with Crippen molar-refractivity contribution in [2.45, 2.75) is 83.6 Å². The Bertz CT molecular complexity index is 339. The lowest BCUT2D eigenvalue weighted by atomic mass is 9.46. The number of rotatable bonds is 4. The van der Waals surface area contributed by atoms with Crippen molar-refractivity contribution in [3.8, 4) is 0 Å². The van der Waals surface area contributed by atoms with Gasteiger partial charge in [-0.15, -0.1) is 0 Å². The van der Waals surface area contributed by atoms with E-state index in [-0.39, 0.29) is 0 Å². The summed E-state index contributed by atoms with van der Waals surface area (Å²) in [6.45, 7) is 2.41. The summed E-state index contributed by atoms with van der Waals surface area (Å²) in [5.74, 6) is 5.28. The molecule has 0 amide bonds. The maximum absolute atomic E-state index is 3.87. The molecule has 0 aromatic rings. The fourth-order valence-electron chi connectivity index (χ4n) is 7.61. The molecule has 5 fully saturated rings. The average Bonchev–Trinajstić information content (AvgIpc) is 2.46. The van der Waals surface area contributed by atoms with Crippen LogP contribution in [0.4, 0.5) is 0 Å². The standard InChI is InChI=1S/C20H35N/c1-3-14-5-4-6-18(10-14)19(21-2)20-11-15-7-16(12-20)9-17(8-15)13-20/h14-19,21H,3-13H2,1-2H3. The average molecular weight is 290 g/mol. The van der Waals surface area contributed by atoms with Crippen LogP contribution in [0.2, 0.25) is 0 Å². The molecule has 4 bridgehead atoms. The number of hydrogen-bond acceptors (Lipinski definition) is 1. The Balaban J connectivity index is 1.55. The Morgan fingerprint density at radius 2 is 1.57 bits per heavy atom. The Labute approximate surface area is 131 Å². The van der Waals surface area contributed by atoms with Crippen molar-refractivity contribution in [3.63, 3.8) is 0 Å². The van der Waals surface area contributed by atoms with Crippen LogP contribution in [0.25, 0.3) is 0 Å². The van der Waals surface area contributed by atoms with Crippen molar-refractivity contribution in [2.75, 3.05) is 7.05 Å². The lowest BCUT2D eigenvalue weighted by Crippen LogP contribution is -2.58. The van der Waals surface area contributed by atoms with Crippen LogP contribution in [0, 0.1) is 35.0 Å². The van der Waals surface area contributed by atoms with Crippen molar-refractivity contribution in [3.05, 3.63) is 0 Å². The first-order chi connectivity index (χ1) is 10.2. The van der Waals surface area contributed by atoms with Crippen LogP contribution >= 0.6 is 0 Å². The van der Waals surface area contributed by atoms with Gasteiger partial charge in [0.25, 0.3) is 0 Å². The second kappa shape index (κ2) is 5.55. The summed E-state index contributed by atoms with van der Waals surface area (Å²) in [7, 11) is 2.28. The summed E-state index contributed by atoms with van der Waals surface area (Å²) in [6, 6.07) is 0.834. The molecule has 0 aliphatic heterocycles. The zero-order valence-electron chi connectivity index (χ0n) is 14.2. The SMILES string of the molecule is CCC1CCCC(C(NC)C23CC4CC(CC(C4)C2)C3)C1. The largest absolute Gasteiger partial charge is 0.316 e. The van der Waals surface area contributed by atoms with E-state index < -0.39 is 0 Å². The second-order valence-electron chi connectivity index (χ2n) is 9.25. The zero-order valence-corrected chi connectivity index (χ0v) is 14.2. The summed E-state index contributed by atoms with van der Waals surface area (Å²) in [5.41, 5.74) is 0.698. The van der Waals surface area contributed by atoms with Gasteiger partial charge in [0, 0.05) is 6.04 Å². The summed E-state index contributed by atoms with van der Waals surface area (Å²) < 4.78 is 0. The minimum atomic E-state index is 0.698. The van der Waals surface area contributed by atoms with Gasteiger partial charge in [-0.05, 0) is 93.4 Å². The molecular weight excluding hydrogens is 254 g/mol. The van der Waals surface area contributed by atoms with Crippen LogP contribution in [0.5, 0.6) is 0 Å². The maximum atomic E-state index is 3.87. The van der Waals surface area contributed by atoms with E-state index in [1.54, 1.807) is 38.5 Å². The minimum absolute atomic E-state index is 0.698. The van der Waals surface area contributed by atoms with E-state index in [9.17, 15) is 0 Å².